The van der Waals surface area contributed by atoms with Crippen molar-refractivity contribution in [2.45, 2.75) is 30.6 Å². The maximum atomic E-state index is 13.7. The normalized spacial score (nSPS) is 30.7. The first-order valence-electron chi connectivity index (χ1n) is 10.6. The molecule has 0 saturated carbocycles. The van der Waals surface area contributed by atoms with Gasteiger partial charge in [-0.2, -0.15) is 13.2 Å². The zero-order valence-electron chi connectivity index (χ0n) is 17.0. The molecule has 4 atom stereocenters. The van der Waals surface area contributed by atoms with E-state index in [0.717, 1.165) is 23.1 Å². The summed E-state index contributed by atoms with van der Waals surface area (Å²) < 4.78 is 54.6. The van der Waals surface area contributed by atoms with Crippen LogP contribution >= 0.6 is 0 Å². The molecule has 3 fully saturated rings. The van der Waals surface area contributed by atoms with E-state index in [1.165, 1.54) is 24.3 Å². The number of para-hydroxylation sites is 1. The number of benzene rings is 2. The number of halogens is 4. The Morgan fingerprint density at radius 3 is 2.42 bits per heavy atom. The van der Waals surface area contributed by atoms with E-state index in [0.29, 0.717) is 19.4 Å². The summed E-state index contributed by atoms with van der Waals surface area (Å²) in [6.07, 6.45) is -3.52. The Bertz CT molecular complexity index is 1230. The van der Waals surface area contributed by atoms with Gasteiger partial charge < -0.3 is 5.32 Å². The molecule has 0 radical (unpaired) electrons. The number of alkyl halides is 3. The summed E-state index contributed by atoms with van der Waals surface area (Å²) in [7, 11) is 0. The Hall–Kier alpha value is -3.27. The number of carbonyl (C=O) groups is 3. The first-order chi connectivity index (χ1) is 15.7. The van der Waals surface area contributed by atoms with Crippen molar-refractivity contribution in [2.75, 3.05) is 16.8 Å². The summed E-state index contributed by atoms with van der Waals surface area (Å²) in [5.41, 5.74) is -2.81. The third-order valence-corrected chi connectivity index (χ3v) is 7.42. The highest BCUT2D eigenvalue weighted by atomic mass is 19.4. The first kappa shape index (κ1) is 20.3. The first-order valence-corrected chi connectivity index (χ1v) is 10.6. The monoisotopic (exact) mass is 459 g/mol. The maximum absolute atomic E-state index is 13.7. The van der Waals surface area contributed by atoms with Crippen LogP contribution in [0.4, 0.5) is 28.9 Å². The molecular formula is C23H17F4N3O3. The number of carbonyl (C=O) groups excluding carboxylic acids is 3. The molecule has 0 aliphatic carbocycles. The van der Waals surface area contributed by atoms with Gasteiger partial charge in [0, 0.05) is 11.6 Å². The van der Waals surface area contributed by atoms with E-state index >= 15 is 0 Å². The van der Waals surface area contributed by atoms with Gasteiger partial charge in [-0.3, -0.25) is 19.3 Å². The van der Waals surface area contributed by atoms with Gasteiger partial charge in [0.2, 0.25) is 17.7 Å². The molecule has 3 amide bonds. The van der Waals surface area contributed by atoms with Crippen molar-refractivity contribution in [1.29, 1.82) is 0 Å². The van der Waals surface area contributed by atoms with Gasteiger partial charge in [-0.15, -0.1) is 0 Å². The predicted octanol–water partition coefficient (Wildman–Crippen LogP) is 3.28. The molecule has 4 aliphatic rings. The molecule has 33 heavy (non-hydrogen) atoms. The summed E-state index contributed by atoms with van der Waals surface area (Å²) in [5.74, 6) is -4.50. The van der Waals surface area contributed by atoms with Crippen LogP contribution in [-0.2, 0) is 26.1 Å². The third kappa shape index (κ3) is 2.39. The lowest BCUT2D eigenvalue weighted by molar-refractivity contribution is -0.137. The number of amides is 3. The van der Waals surface area contributed by atoms with E-state index < -0.39 is 58.7 Å². The van der Waals surface area contributed by atoms with Crippen molar-refractivity contribution >= 4 is 29.1 Å². The van der Waals surface area contributed by atoms with E-state index in [2.05, 4.69) is 5.32 Å². The number of hydrogen-bond donors (Lipinski definition) is 1. The lowest BCUT2D eigenvalue weighted by Crippen LogP contribution is -2.54. The number of imide groups is 1. The molecular weight excluding hydrogens is 442 g/mol. The van der Waals surface area contributed by atoms with E-state index in [1.54, 1.807) is 4.90 Å². The summed E-state index contributed by atoms with van der Waals surface area (Å²) >= 11 is 0. The van der Waals surface area contributed by atoms with Crippen molar-refractivity contribution < 1.29 is 31.9 Å². The minimum atomic E-state index is -4.71. The van der Waals surface area contributed by atoms with E-state index in [4.69, 9.17) is 0 Å². The Morgan fingerprint density at radius 2 is 1.73 bits per heavy atom. The minimum absolute atomic E-state index is 0.0730. The zero-order chi connectivity index (χ0) is 23.3. The standard InChI is InChI=1S/C23H17F4N3O3/c24-11-6-8-12(9-7-11)30-19(31)16-15-5-2-10-29(15)22(17(16)20(30)32)13-3-1-4-14(23(25,26)27)18(13)28-21(22)33/h1,3-4,6-9,15-17H,2,5,10H2,(H,28,33)/t15-,16-,17+,22+/m1/s1. The fraction of sp³-hybridized carbons (Fsp3) is 0.348. The smallest absolute Gasteiger partial charge is 0.323 e. The second-order valence-corrected chi connectivity index (χ2v) is 8.84. The molecule has 2 aromatic carbocycles. The highest BCUT2D eigenvalue weighted by Gasteiger charge is 2.75. The average Bonchev–Trinajstić information content (AvgIpc) is 3.46. The number of nitrogens with zero attached hydrogens (tertiary/aromatic N) is 2. The zero-order valence-corrected chi connectivity index (χ0v) is 17.0. The van der Waals surface area contributed by atoms with Crippen LogP contribution < -0.4 is 10.2 Å². The second kappa shape index (κ2) is 6.40. The topological polar surface area (TPSA) is 69.7 Å². The van der Waals surface area contributed by atoms with Crippen molar-refractivity contribution in [2.24, 2.45) is 11.8 Å². The average molecular weight is 459 g/mol. The van der Waals surface area contributed by atoms with Gasteiger partial charge in [-0.1, -0.05) is 12.1 Å². The Balaban J connectivity index is 1.56. The lowest BCUT2D eigenvalue weighted by Gasteiger charge is -2.36. The molecule has 170 valence electrons. The van der Waals surface area contributed by atoms with Crippen LogP contribution in [0.3, 0.4) is 0 Å². The van der Waals surface area contributed by atoms with Crippen LogP contribution in [0.15, 0.2) is 42.5 Å². The second-order valence-electron chi connectivity index (χ2n) is 8.84. The van der Waals surface area contributed by atoms with Crippen LogP contribution in [-0.4, -0.2) is 35.2 Å². The quantitative estimate of drug-likeness (QED) is 0.525. The largest absolute Gasteiger partial charge is 0.418 e. The van der Waals surface area contributed by atoms with Gasteiger partial charge in [-0.05, 0) is 49.7 Å². The molecule has 0 bridgehead atoms. The van der Waals surface area contributed by atoms with Gasteiger partial charge in [0.05, 0.1) is 28.8 Å². The molecule has 10 heteroatoms. The molecule has 0 unspecified atom stereocenters. The van der Waals surface area contributed by atoms with Gasteiger partial charge in [0.1, 0.15) is 11.4 Å². The number of anilines is 2. The molecule has 2 aromatic rings. The van der Waals surface area contributed by atoms with Crippen molar-refractivity contribution in [3.8, 4) is 0 Å². The lowest BCUT2D eigenvalue weighted by atomic mass is 9.75. The van der Waals surface area contributed by atoms with Crippen LogP contribution in [0.25, 0.3) is 0 Å². The Morgan fingerprint density at radius 1 is 1.00 bits per heavy atom. The Labute approximate surface area is 185 Å². The van der Waals surface area contributed by atoms with Crippen LogP contribution in [0.2, 0.25) is 0 Å². The van der Waals surface area contributed by atoms with Gasteiger partial charge >= 0.3 is 6.18 Å². The molecule has 6 nitrogen and oxygen atoms in total. The van der Waals surface area contributed by atoms with Gasteiger partial charge in [0.15, 0.2) is 0 Å². The minimum Gasteiger partial charge on any atom is -0.323 e. The molecule has 1 spiro atoms. The summed E-state index contributed by atoms with van der Waals surface area (Å²) in [6, 6.07) is 7.93. The molecule has 3 saturated heterocycles. The molecule has 1 N–H and O–H groups in total. The van der Waals surface area contributed by atoms with E-state index in [1.807, 2.05) is 0 Å². The molecule has 4 aliphatic heterocycles. The molecule has 6 rings (SSSR count). The van der Waals surface area contributed by atoms with Gasteiger partial charge in [0.25, 0.3) is 0 Å². The third-order valence-electron chi connectivity index (χ3n) is 7.42. The van der Waals surface area contributed by atoms with Crippen molar-refractivity contribution in [3.63, 3.8) is 0 Å². The van der Waals surface area contributed by atoms with Crippen molar-refractivity contribution in [1.82, 2.24) is 4.90 Å². The fourth-order valence-electron chi connectivity index (χ4n) is 6.31. The summed E-state index contributed by atoms with van der Waals surface area (Å²) in [5, 5.41) is 2.40. The SMILES string of the molecule is O=C1[C@@H]2[C@H]3CCCN3[C@]3(C(=O)Nc4c(C(F)(F)F)cccc43)[C@@H]2C(=O)N1c1ccc(F)cc1. The van der Waals surface area contributed by atoms with Gasteiger partial charge in [-0.25, -0.2) is 9.29 Å². The van der Waals surface area contributed by atoms with Crippen LogP contribution in [0.5, 0.6) is 0 Å². The summed E-state index contributed by atoms with van der Waals surface area (Å²) in [6.45, 7) is 0.387. The van der Waals surface area contributed by atoms with Crippen LogP contribution in [0.1, 0.15) is 24.0 Å². The summed E-state index contributed by atoms with van der Waals surface area (Å²) in [4.78, 5) is 43.4. The molecule has 0 aromatic heterocycles. The van der Waals surface area contributed by atoms with Crippen LogP contribution in [0, 0.1) is 17.7 Å². The Kier molecular flexibility index (Phi) is 3.95. The van der Waals surface area contributed by atoms with E-state index in [-0.39, 0.29) is 16.9 Å². The van der Waals surface area contributed by atoms with E-state index in [9.17, 15) is 31.9 Å². The van der Waals surface area contributed by atoms with Crippen molar-refractivity contribution in [3.05, 3.63) is 59.4 Å². The predicted molar refractivity (Wildman–Crippen MR) is 107 cm³/mol. The number of rotatable bonds is 1. The highest BCUT2D eigenvalue weighted by molar-refractivity contribution is 6.26. The number of fused-ring (bicyclic) bond motifs is 7. The molecule has 4 heterocycles. The fourth-order valence-corrected chi connectivity index (χ4v) is 6.31. The number of nitrogens with one attached hydrogen (secondary N) is 1. The number of hydrogen-bond acceptors (Lipinski definition) is 4. The highest BCUT2D eigenvalue weighted by Crippen LogP contribution is 2.61. The maximum Gasteiger partial charge on any atom is 0.418 e.